The summed E-state index contributed by atoms with van der Waals surface area (Å²) < 4.78 is 12.2. The van der Waals surface area contributed by atoms with Crippen LogP contribution in [0.3, 0.4) is 0 Å². The molecule has 24 heavy (non-hydrogen) atoms. The van der Waals surface area contributed by atoms with Crippen LogP contribution in [-0.2, 0) is 9.53 Å². The zero-order valence-corrected chi connectivity index (χ0v) is 14.7. The van der Waals surface area contributed by atoms with Gasteiger partial charge in [-0.15, -0.1) is 5.10 Å². The summed E-state index contributed by atoms with van der Waals surface area (Å²) in [6.45, 7) is 3.97. The molecule has 128 valence electrons. The molecule has 2 aromatic rings. The molecule has 1 unspecified atom stereocenters. The van der Waals surface area contributed by atoms with Crippen molar-refractivity contribution < 1.29 is 13.9 Å². The number of unbranched alkanes of at least 4 members (excludes halogenated alkanes) is 1. The van der Waals surface area contributed by atoms with Crippen LogP contribution in [0.15, 0.2) is 39.2 Å². The summed E-state index contributed by atoms with van der Waals surface area (Å²) in [5, 5.41) is 8.39. The predicted octanol–water partition coefficient (Wildman–Crippen LogP) is 3.23. The van der Waals surface area contributed by atoms with E-state index in [9.17, 15) is 4.79 Å². The van der Waals surface area contributed by atoms with Crippen molar-refractivity contribution in [3.63, 3.8) is 0 Å². The topological polar surface area (TPSA) is 82.2 Å². The Morgan fingerprint density at radius 2 is 2.38 bits per heavy atom. The fourth-order valence-corrected chi connectivity index (χ4v) is 3.50. The molecule has 3 heterocycles. The van der Waals surface area contributed by atoms with Gasteiger partial charge in [-0.3, -0.25) is 0 Å². The SMILES string of the molecule is CCCCSc1nc2n(n1)C(c1ccco1)C(C(=O)OC)=C(C)N2. The molecule has 0 amide bonds. The number of esters is 1. The highest BCUT2D eigenvalue weighted by Gasteiger charge is 2.36. The molecule has 0 bridgehead atoms. The van der Waals surface area contributed by atoms with Gasteiger partial charge >= 0.3 is 5.97 Å². The lowest BCUT2D eigenvalue weighted by atomic mass is 10.0. The molecule has 0 aliphatic carbocycles. The Hall–Kier alpha value is -2.22. The second-order valence-corrected chi connectivity index (χ2v) is 6.50. The number of carbonyl (C=O) groups is 1. The van der Waals surface area contributed by atoms with Crippen LogP contribution in [-0.4, -0.2) is 33.6 Å². The van der Waals surface area contributed by atoms with Gasteiger partial charge in [0.05, 0.1) is 18.9 Å². The van der Waals surface area contributed by atoms with Crippen LogP contribution in [0.4, 0.5) is 5.95 Å². The minimum Gasteiger partial charge on any atom is -0.467 e. The van der Waals surface area contributed by atoms with Gasteiger partial charge in [0.25, 0.3) is 0 Å². The minimum atomic E-state index is -0.489. The third kappa shape index (κ3) is 3.06. The van der Waals surface area contributed by atoms with Crippen molar-refractivity contribution in [2.75, 3.05) is 18.2 Å². The maximum Gasteiger partial charge on any atom is 0.338 e. The van der Waals surface area contributed by atoms with E-state index >= 15 is 0 Å². The number of hydrogen-bond donors (Lipinski definition) is 1. The first kappa shape index (κ1) is 16.6. The number of anilines is 1. The van der Waals surface area contributed by atoms with Gasteiger partial charge in [0.15, 0.2) is 0 Å². The summed E-state index contributed by atoms with van der Waals surface area (Å²) in [5.74, 6) is 1.76. The Balaban J connectivity index is 2.00. The summed E-state index contributed by atoms with van der Waals surface area (Å²) in [7, 11) is 1.37. The van der Waals surface area contributed by atoms with Crippen molar-refractivity contribution in [2.24, 2.45) is 0 Å². The van der Waals surface area contributed by atoms with Crippen molar-refractivity contribution in [3.8, 4) is 0 Å². The number of carbonyl (C=O) groups excluding carboxylic acids is 1. The van der Waals surface area contributed by atoms with Crippen molar-refractivity contribution >= 4 is 23.7 Å². The summed E-state index contributed by atoms with van der Waals surface area (Å²) in [6.07, 6.45) is 3.81. The number of nitrogens with zero attached hydrogens (tertiary/aromatic N) is 3. The Bertz CT molecular complexity index is 751. The van der Waals surface area contributed by atoms with Gasteiger partial charge in [-0.1, -0.05) is 25.1 Å². The van der Waals surface area contributed by atoms with Crippen LogP contribution in [0, 0.1) is 0 Å². The molecule has 0 radical (unpaired) electrons. The van der Waals surface area contributed by atoms with Crippen LogP contribution in [0.2, 0.25) is 0 Å². The molecule has 1 aliphatic heterocycles. The lowest BCUT2D eigenvalue weighted by Crippen LogP contribution is -2.29. The Kier molecular flexibility index (Phi) is 4.94. The molecule has 1 atom stereocenters. The first-order chi connectivity index (χ1) is 11.7. The zero-order chi connectivity index (χ0) is 17.1. The molecule has 0 aromatic carbocycles. The first-order valence-corrected chi connectivity index (χ1v) is 8.83. The third-order valence-corrected chi connectivity index (χ3v) is 4.70. The maximum atomic E-state index is 12.3. The molecule has 3 rings (SSSR count). The normalized spacial score (nSPS) is 16.7. The van der Waals surface area contributed by atoms with E-state index in [4.69, 9.17) is 9.15 Å². The molecule has 1 N–H and O–H groups in total. The van der Waals surface area contributed by atoms with Gasteiger partial charge in [0.2, 0.25) is 11.1 Å². The van der Waals surface area contributed by atoms with E-state index < -0.39 is 12.0 Å². The highest BCUT2D eigenvalue weighted by atomic mass is 32.2. The van der Waals surface area contributed by atoms with Gasteiger partial charge in [0, 0.05) is 11.4 Å². The van der Waals surface area contributed by atoms with Gasteiger partial charge in [0.1, 0.15) is 11.8 Å². The molecule has 1 aliphatic rings. The predicted molar refractivity (Wildman–Crippen MR) is 90.8 cm³/mol. The Morgan fingerprint density at radius 1 is 1.54 bits per heavy atom. The standard InChI is InChI=1S/C16H20N4O3S/c1-4-5-9-24-16-18-15-17-10(2)12(14(21)22-3)13(20(15)19-16)11-7-6-8-23-11/h6-8,13H,4-5,9H2,1-3H3,(H,17,18,19). The number of aromatic nitrogens is 3. The number of hydrogen-bond acceptors (Lipinski definition) is 7. The quantitative estimate of drug-likeness (QED) is 0.487. The van der Waals surface area contributed by atoms with Crippen LogP contribution in [0.25, 0.3) is 0 Å². The number of rotatable bonds is 6. The highest BCUT2D eigenvalue weighted by Crippen LogP contribution is 2.36. The van der Waals surface area contributed by atoms with E-state index in [1.165, 1.54) is 7.11 Å². The number of ether oxygens (including phenoxy) is 1. The molecule has 0 saturated carbocycles. The monoisotopic (exact) mass is 348 g/mol. The van der Waals surface area contributed by atoms with E-state index in [0.717, 1.165) is 18.6 Å². The van der Waals surface area contributed by atoms with Crippen molar-refractivity contribution in [1.29, 1.82) is 0 Å². The largest absolute Gasteiger partial charge is 0.467 e. The van der Waals surface area contributed by atoms with Crippen LogP contribution >= 0.6 is 11.8 Å². The third-order valence-electron chi connectivity index (χ3n) is 3.78. The van der Waals surface area contributed by atoms with Crippen LogP contribution < -0.4 is 5.32 Å². The molecule has 0 saturated heterocycles. The molecule has 7 nitrogen and oxygen atoms in total. The average molecular weight is 348 g/mol. The van der Waals surface area contributed by atoms with E-state index in [2.05, 4.69) is 22.3 Å². The lowest BCUT2D eigenvalue weighted by molar-refractivity contribution is -0.136. The second kappa shape index (κ2) is 7.12. The Labute approximate surface area is 144 Å². The summed E-state index contributed by atoms with van der Waals surface area (Å²) >= 11 is 1.61. The van der Waals surface area contributed by atoms with Gasteiger partial charge in [-0.05, 0) is 25.5 Å². The van der Waals surface area contributed by atoms with Gasteiger partial charge < -0.3 is 14.5 Å². The van der Waals surface area contributed by atoms with Crippen molar-refractivity contribution in [2.45, 2.75) is 37.9 Å². The average Bonchev–Trinajstić information content (AvgIpc) is 3.22. The van der Waals surface area contributed by atoms with Gasteiger partial charge in [-0.2, -0.15) is 4.98 Å². The minimum absolute atomic E-state index is 0.414. The van der Waals surface area contributed by atoms with Crippen molar-refractivity contribution in [3.05, 3.63) is 35.4 Å². The van der Waals surface area contributed by atoms with E-state index in [1.807, 2.05) is 13.0 Å². The fourth-order valence-electron chi connectivity index (χ4n) is 2.58. The molecule has 0 spiro atoms. The van der Waals surface area contributed by atoms with E-state index in [1.54, 1.807) is 28.8 Å². The smallest absolute Gasteiger partial charge is 0.338 e. The maximum absolute atomic E-state index is 12.3. The Morgan fingerprint density at radius 3 is 3.04 bits per heavy atom. The van der Waals surface area contributed by atoms with Crippen LogP contribution in [0.5, 0.6) is 0 Å². The number of methoxy groups -OCH3 is 1. The first-order valence-electron chi connectivity index (χ1n) is 7.84. The number of fused-ring (bicyclic) bond motifs is 1. The number of furan rings is 1. The van der Waals surface area contributed by atoms with E-state index in [0.29, 0.717) is 28.1 Å². The molecular formula is C16H20N4O3S. The number of thioether (sulfide) groups is 1. The molecule has 0 fully saturated rings. The molecule has 8 heteroatoms. The highest BCUT2D eigenvalue weighted by molar-refractivity contribution is 7.99. The number of allylic oxidation sites excluding steroid dienone is 1. The fraction of sp³-hybridized carbons (Fsp3) is 0.438. The summed E-state index contributed by atoms with van der Waals surface area (Å²) in [6, 6.07) is 3.12. The van der Waals surface area contributed by atoms with E-state index in [-0.39, 0.29) is 0 Å². The molecule has 2 aromatic heterocycles. The van der Waals surface area contributed by atoms with Crippen LogP contribution in [0.1, 0.15) is 38.5 Å². The second-order valence-electron chi connectivity index (χ2n) is 5.44. The summed E-state index contributed by atoms with van der Waals surface area (Å²) in [4.78, 5) is 16.8. The lowest BCUT2D eigenvalue weighted by Gasteiger charge is -2.25. The zero-order valence-electron chi connectivity index (χ0n) is 13.9. The summed E-state index contributed by atoms with van der Waals surface area (Å²) in [5.41, 5.74) is 1.16. The van der Waals surface area contributed by atoms with Crippen molar-refractivity contribution in [1.82, 2.24) is 14.8 Å². The molecular weight excluding hydrogens is 328 g/mol. The van der Waals surface area contributed by atoms with Gasteiger partial charge in [-0.25, -0.2) is 9.48 Å². The number of nitrogens with one attached hydrogen (secondary N) is 1.